The number of hydrogen-bond acceptors (Lipinski definition) is 0. The fourth-order valence-electron chi connectivity index (χ4n) is 2.17. The van der Waals surface area contributed by atoms with Gasteiger partial charge in [0.05, 0.1) is 0 Å². The smallest absolute Gasteiger partial charge is 0.0156 e. The molecule has 0 fully saturated rings. The lowest BCUT2D eigenvalue weighted by atomic mass is 9.86. The van der Waals surface area contributed by atoms with Crippen LogP contribution in [-0.4, -0.2) is 0 Å². The minimum absolute atomic E-state index is 0.681. The predicted octanol–water partition coefficient (Wildman–Crippen LogP) is 4.15. The standard InChI is InChI=1S/C14H18/c1-10-7-8-14-12(3)11(2)5-4-6-13(14)9-10/h4,6-9,11-12H,5H2,1-3H3. The van der Waals surface area contributed by atoms with Crippen LogP contribution in [0, 0.1) is 12.8 Å². The Hall–Kier alpha value is -1.04. The average molecular weight is 186 g/mol. The summed E-state index contributed by atoms with van der Waals surface area (Å²) in [6.07, 6.45) is 5.80. The summed E-state index contributed by atoms with van der Waals surface area (Å²) in [6.45, 7) is 6.84. The Morgan fingerprint density at radius 2 is 2.00 bits per heavy atom. The van der Waals surface area contributed by atoms with Gasteiger partial charge in [0.2, 0.25) is 0 Å². The average Bonchev–Trinajstić information content (AvgIpc) is 2.28. The van der Waals surface area contributed by atoms with Gasteiger partial charge in [-0.2, -0.15) is 0 Å². The largest absolute Gasteiger partial charge is 0.0836 e. The summed E-state index contributed by atoms with van der Waals surface area (Å²) < 4.78 is 0. The van der Waals surface area contributed by atoms with Crippen LogP contribution in [0.5, 0.6) is 0 Å². The van der Waals surface area contributed by atoms with Crippen LogP contribution >= 0.6 is 0 Å². The number of benzene rings is 1. The van der Waals surface area contributed by atoms with E-state index >= 15 is 0 Å². The first-order chi connectivity index (χ1) is 6.68. The monoisotopic (exact) mass is 186 g/mol. The summed E-state index contributed by atoms with van der Waals surface area (Å²) in [5.74, 6) is 1.44. The van der Waals surface area contributed by atoms with Gasteiger partial charge >= 0.3 is 0 Å². The Labute approximate surface area is 86.7 Å². The topological polar surface area (TPSA) is 0 Å². The van der Waals surface area contributed by atoms with Crippen molar-refractivity contribution in [3.05, 3.63) is 41.0 Å². The normalized spacial score (nSPS) is 25.6. The van der Waals surface area contributed by atoms with E-state index in [1.54, 1.807) is 0 Å². The van der Waals surface area contributed by atoms with Crippen molar-refractivity contribution in [2.45, 2.75) is 33.1 Å². The maximum atomic E-state index is 2.34. The molecule has 14 heavy (non-hydrogen) atoms. The van der Waals surface area contributed by atoms with Crippen molar-refractivity contribution in [2.75, 3.05) is 0 Å². The molecule has 0 bridgehead atoms. The number of hydrogen-bond donors (Lipinski definition) is 0. The molecule has 0 N–H and O–H groups in total. The molecule has 1 aliphatic carbocycles. The number of allylic oxidation sites excluding steroid dienone is 1. The Balaban J connectivity index is 2.51. The lowest BCUT2D eigenvalue weighted by Gasteiger charge is -2.18. The molecule has 0 aromatic heterocycles. The van der Waals surface area contributed by atoms with Gasteiger partial charge in [0.15, 0.2) is 0 Å². The van der Waals surface area contributed by atoms with E-state index in [1.165, 1.54) is 23.1 Å². The maximum absolute atomic E-state index is 2.34. The number of aryl methyl sites for hydroxylation is 1. The first kappa shape index (κ1) is 9.51. The van der Waals surface area contributed by atoms with E-state index in [-0.39, 0.29) is 0 Å². The third kappa shape index (κ3) is 1.61. The molecule has 0 spiro atoms. The Bertz CT molecular complexity index is 360. The van der Waals surface area contributed by atoms with Crippen LogP contribution in [0.2, 0.25) is 0 Å². The van der Waals surface area contributed by atoms with Crippen molar-refractivity contribution in [2.24, 2.45) is 5.92 Å². The Kier molecular flexibility index (Phi) is 2.45. The lowest BCUT2D eigenvalue weighted by molar-refractivity contribution is 0.497. The zero-order chi connectivity index (χ0) is 10.1. The second-order valence-corrected chi connectivity index (χ2v) is 4.54. The Morgan fingerprint density at radius 1 is 1.21 bits per heavy atom. The predicted molar refractivity (Wildman–Crippen MR) is 62.4 cm³/mol. The highest BCUT2D eigenvalue weighted by Gasteiger charge is 2.17. The minimum Gasteiger partial charge on any atom is -0.0836 e. The summed E-state index contributed by atoms with van der Waals surface area (Å²) in [7, 11) is 0. The number of rotatable bonds is 0. The molecule has 0 amide bonds. The van der Waals surface area contributed by atoms with E-state index in [1.807, 2.05) is 0 Å². The zero-order valence-corrected chi connectivity index (χ0v) is 9.25. The first-order valence-electron chi connectivity index (χ1n) is 5.45. The van der Waals surface area contributed by atoms with E-state index in [9.17, 15) is 0 Å². The highest BCUT2D eigenvalue weighted by atomic mass is 14.2. The molecule has 0 saturated carbocycles. The van der Waals surface area contributed by atoms with Gasteiger partial charge in [-0.05, 0) is 36.3 Å². The summed E-state index contributed by atoms with van der Waals surface area (Å²) in [4.78, 5) is 0. The molecule has 0 saturated heterocycles. The van der Waals surface area contributed by atoms with Crippen LogP contribution in [0.25, 0.3) is 6.08 Å². The van der Waals surface area contributed by atoms with Gasteiger partial charge in [-0.1, -0.05) is 49.8 Å². The van der Waals surface area contributed by atoms with Crippen molar-refractivity contribution in [1.82, 2.24) is 0 Å². The van der Waals surface area contributed by atoms with Crippen LogP contribution in [-0.2, 0) is 0 Å². The molecule has 1 aromatic carbocycles. The van der Waals surface area contributed by atoms with Gasteiger partial charge < -0.3 is 0 Å². The molecule has 2 rings (SSSR count). The molecule has 74 valence electrons. The van der Waals surface area contributed by atoms with E-state index < -0.39 is 0 Å². The van der Waals surface area contributed by atoms with Crippen LogP contribution < -0.4 is 0 Å². The van der Waals surface area contributed by atoms with E-state index in [2.05, 4.69) is 51.1 Å². The molecular weight excluding hydrogens is 168 g/mol. The SMILES string of the molecule is Cc1ccc2c(c1)C=CCC(C)C2C. The van der Waals surface area contributed by atoms with Gasteiger partial charge in [0, 0.05) is 0 Å². The van der Waals surface area contributed by atoms with E-state index in [0.717, 1.165) is 5.92 Å². The van der Waals surface area contributed by atoms with Crippen LogP contribution in [0.4, 0.5) is 0 Å². The zero-order valence-electron chi connectivity index (χ0n) is 9.25. The lowest BCUT2D eigenvalue weighted by Crippen LogP contribution is -2.05. The highest BCUT2D eigenvalue weighted by Crippen LogP contribution is 2.33. The number of fused-ring (bicyclic) bond motifs is 1. The quantitative estimate of drug-likeness (QED) is 0.571. The molecule has 0 radical (unpaired) electrons. The molecule has 2 atom stereocenters. The van der Waals surface area contributed by atoms with Crippen molar-refractivity contribution in [3.63, 3.8) is 0 Å². The maximum Gasteiger partial charge on any atom is -0.0156 e. The van der Waals surface area contributed by atoms with Crippen molar-refractivity contribution in [1.29, 1.82) is 0 Å². The second-order valence-electron chi connectivity index (χ2n) is 4.54. The van der Waals surface area contributed by atoms with Gasteiger partial charge in [-0.25, -0.2) is 0 Å². The van der Waals surface area contributed by atoms with Crippen molar-refractivity contribution < 1.29 is 0 Å². The molecule has 0 aliphatic heterocycles. The van der Waals surface area contributed by atoms with E-state index in [0.29, 0.717) is 5.92 Å². The fraction of sp³-hybridized carbons (Fsp3) is 0.429. The highest BCUT2D eigenvalue weighted by molar-refractivity contribution is 5.57. The van der Waals surface area contributed by atoms with Crippen LogP contribution in [0.1, 0.15) is 42.9 Å². The van der Waals surface area contributed by atoms with Crippen molar-refractivity contribution >= 4 is 6.08 Å². The minimum atomic E-state index is 0.681. The van der Waals surface area contributed by atoms with Crippen LogP contribution in [0.15, 0.2) is 24.3 Å². The first-order valence-corrected chi connectivity index (χ1v) is 5.45. The molecule has 2 unspecified atom stereocenters. The van der Waals surface area contributed by atoms with Crippen molar-refractivity contribution in [3.8, 4) is 0 Å². The summed E-state index contributed by atoms with van der Waals surface area (Å²) >= 11 is 0. The molecule has 1 aliphatic rings. The van der Waals surface area contributed by atoms with Gasteiger partial charge in [0.1, 0.15) is 0 Å². The van der Waals surface area contributed by atoms with Gasteiger partial charge in [-0.15, -0.1) is 0 Å². The van der Waals surface area contributed by atoms with E-state index in [4.69, 9.17) is 0 Å². The summed E-state index contributed by atoms with van der Waals surface area (Å²) in [6, 6.07) is 6.81. The van der Waals surface area contributed by atoms with Gasteiger partial charge in [-0.3, -0.25) is 0 Å². The fourth-order valence-corrected chi connectivity index (χ4v) is 2.17. The molecule has 0 nitrogen and oxygen atoms in total. The van der Waals surface area contributed by atoms with Gasteiger partial charge in [0.25, 0.3) is 0 Å². The third-order valence-corrected chi connectivity index (χ3v) is 3.39. The Morgan fingerprint density at radius 3 is 2.79 bits per heavy atom. The molecular formula is C14H18. The second kappa shape index (κ2) is 3.61. The third-order valence-electron chi connectivity index (χ3n) is 3.39. The summed E-state index contributed by atoms with van der Waals surface area (Å²) in [5, 5.41) is 0. The molecule has 0 heteroatoms. The molecule has 0 heterocycles. The van der Waals surface area contributed by atoms with Crippen LogP contribution in [0.3, 0.4) is 0 Å². The molecule has 1 aromatic rings. The summed E-state index contributed by atoms with van der Waals surface area (Å²) in [5.41, 5.74) is 4.29.